The van der Waals surface area contributed by atoms with E-state index >= 15 is 0 Å². The maximum Gasteiger partial charge on any atom is 0.256 e. The number of carbonyl (C=O) groups is 2. The van der Waals surface area contributed by atoms with E-state index in [1.165, 1.54) is 25.5 Å². The molecule has 6 heteroatoms. The number of carbonyl (C=O) groups excluding carboxylic acids is 2. The number of hydrogen-bond donors (Lipinski definition) is 2. The highest BCUT2D eigenvalue weighted by atomic mass is 16.5. The minimum absolute atomic E-state index is 0.219. The van der Waals surface area contributed by atoms with E-state index < -0.39 is 5.60 Å². The van der Waals surface area contributed by atoms with Gasteiger partial charge in [-0.25, -0.2) is 0 Å². The van der Waals surface area contributed by atoms with Crippen molar-refractivity contribution < 1.29 is 14.3 Å². The first-order chi connectivity index (χ1) is 14.3. The minimum atomic E-state index is -0.957. The Kier molecular flexibility index (Phi) is 6.90. The van der Waals surface area contributed by atoms with Gasteiger partial charge in [0.05, 0.1) is 0 Å². The van der Waals surface area contributed by atoms with Crippen LogP contribution in [0.25, 0.3) is 0 Å². The molecule has 3 rings (SSSR count). The molecule has 2 amide bonds. The molecule has 1 heterocycles. The fourth-order valence-electron chi connectivity index (χ4n) is 3.36. The van der Waals surface area contributed by atoms with E-state index in [9.17, 15) is 9.59 Å². The average Bonchev–Trinajstić information content (AvgIpc) is 3.24. The second kappa shape index (κ2) is 9.41. The van der Waals surface area contributed by atoms with Crippen molar-refractivity contribution in [2.45, 2.75) is 45.8 Å². The Morgan fingerprint density at radius 1 is 1.03 bits per heavy atom. The number of likely N-dealkylation sites (tertiary alicyclic amines) is 1. The molecule has 0 atom stereocenters. The van der Waals surface area contributed by atoms with Gasteiger partial charge in [-0.05, 0) is 82.1 Å². The van der Waals surface area contributed by atoms with Crippen molar-refractivity contribution in [2.75, 3.05) is 30.8 Å². The lowest BCUT2D eigenvalue weighted by atomic mass is 10.1. The number of anilines is 2. The summed E-state index contributed by atoms with van der Waals surface area (Å²) in [5.74, 6) is -0.483. The highest BCUT2D eigenvalue weighted by Gasteiger charge is 2.27. The topological polar surface area (TPSA) is 70.7 Å². The third-order valence-corrected chi connectivity index (χ3v) is 5.62. The summed E-state index contributed by atoms with van der Waals surface area (Å²) in [6.45, 7) is 8.55. The number of rotatable bonds is 7. The van der Waals surface area contributed by atoms with Crippen LogP contribution >= 0.6 is 0 Å². The van der Waals surface area contributed by atoms with Crippen LogP contribution in [0.2, 0.25) is 0 Å². The van der Waals surface area contributed by atoms with Gasteiger partial charge in [0, 0.05) is 30.6 Å². The fraction of sp³-hybridized carbons (Fsp3) is 0.417. The van der Waals surface area contributed by atoms with E-state index in [0.29, 0.717) is 11.3 Å². The number of ether oxygens (including phenoxy) is 1. The monoisotopic (exact) mass is 409 g/mol. The van der Waals surface area contributed by atoms with E-state index in [4.69, 9.17) is 4.74 Å². The van der Waals surface area contributed by atoms with E-state index in [1.54, 1.807) is 26.0 Å². The van der Waals surface area contributed by atoms with Crippen molar-refractivity contribution in [1.29, 1.82) is 0 Å². The summed E-state index contributed by atoms with van der Waals surface area (Å²) in [4.78, 5) is 27.6. The first-order valence-electron chi connectivity index (χ1n) is 10.4. The standard InChI is InChI=1S/C24H31N3O3/c1-17-7-10-19(15-21(17)26-23(29)24(2,3)30-4)22(28)25-20-11-8-18(9-12-20)16-27-13-5-6-14-27/h7-12,15H,5-6,13-14,16H2,1-4H3,(H,25,28)(H,26,29). The Balaban J connectivity index is 1.65. The molecule has 1 aliphatic heterocycles. The van der Waals surface area contributed by atoms with Gasteiger partial charge in [0.25, 0.3) is 11.8 Å². The summed E-state index contributed by atoms with van der Waals surface area (Å²) >= 11 is 0. The third-order valence-electron chi connectivity index (χ3n) is 5.62. The first kappa shape index (κ1) is 22.0. The molecule has 2 aromatic carbocycles. The van der Waals surface area contributed by atoms with Crippen LogP contribution in [-0.4, -0.2) is 42.5 Å². The van der Waals surface area contributed by atoms with Crippen LogP contribution in [-0.2, 0) is 16.1 Å². The molecule has 1 saturated heterocycles. The maximum atomic E-state index is 12.7. The number of hydrogen-bond acceptors (Lipinski definition) is 4. The lowest BCUT2D eigenvalue weighted by Gasteiger charge is -2.22. The van der Waals surface area contributed by atoms with Gasteiger partial charge < -0.3 is 15.4 Å². The van der Waals surface area contributed by atoms with Crippen LogP contribution in [0.5, 0.6) is 0 Å². The van der Waals surface area contributed by atoms with Gasteiger partial charge in [-0.3, -0.25) is 14.5 Å². The van der Waals surface area contributed by atoms with Crippen molar-refractivity contribution in [3.8, 4) is 0 Å². The summed E-state index contributed by atoms with van der Waals surface area (Å²) in [6.07, 6.45) is 2.55. The molecule has 2 aromatic rings. The van der Waals surface area contributed by atoms with Crippen LogP contribution < -0.4 is 10.6 Å². The maximum absolute atomic E-state index is 12.7. The van der Waals surface area contributed by atoms with Gasteiger partial charge in [0.2, 0.25) is 0 Å². The zero-order valence-corrected chi connectivity index (χ0v) is 18.2. The van der Waals surface area contributed by atoms with Crippen LogP contribution in [0, 0.1) is 6.92 Å². The molecule has 160 valence electrons. The average molecular weight is 410 g/mol. The van der Waals surface area contributed by atoms with Crippen molar-refractivity contribution in [3.05, 3.63) is 59.2 Å². The quantitative estimate of drug-likeness (QED) is 0.719. The number of aryl methyl sites for hydroxylation is 1. The predicted molar refractivity (Wildman–Crippen MR) is 120 cm³/mol. The summed E-state index contributed by atoms with van der Waals surface area (Å²) in [7, 11) is 1.49. The summed E-state index contributed by atoms with van der Waals surface area (Å²) in [5.41, 5.74) is 2.98. The molecule has 0 saturated carbocycles. The molecule has 0 spiro atoms. The van der Waals surface area contributed by atoms with Crippen molar-refractivity contribution in [1.82, 2.24) is 4.90 Å². The van der Waals surface area contributed by atoms with Crippen molar-refractivity contribution >= 4 is 23.2 Å². The molecule has 0 bridgehead atoms. The zero-order chi connectivity index (χ0) is 21.7. The van der Waals surface area contributed by atoms with Gasteiger partial charge in [-0.15, -0.1) is 0 Å². The smallest absolute Gasteiger partial charge is 0.256 e. The van der Waals surface area contributed by atoms with Crippen LogP contribution in [0.3, 0.4) is 0 Å². The lowest BCUT2D eigenvalue weighted by Crippen LogP contribution is -2.39. The van der Waals surface area contributed by atoms with Gasteiger partial charge in [0.15, 0.2) is 0 Å². The second-order valence-corrected chi connectivity index (χ2v) is 8.33. The fourth-order valence-corrected chi connectivity index (χ4v) is 3.36. The molecule has 6 nitrogen and oxygen atoms in total. The second-order valence-electron chi connectivity index (χ2n) is 8.33. The molecule has 0 unspecified atom stereocenters. The Morgan fingerprint density at radius 2 is 1.70 bits per heavy atom. The molecular formula is C24H31N3O3. The van der Waals surface area contributed by atoms with Gasteiger partial charge in [-0.1, -0.05) is 18.2 Å². The van der Waals surface area contributed by atoms with E-state index in [0.717, 1.165) is 30.9 Å². The first-order valence-corrected chi connectivity index (χ1v) is 10.4. The Hall–Kier alpha value is -2.70. The van der Waals surface area contributed by atoms with Crippen LogP contribution in [0.15, 0.2) is 42.5 Å². The highest BCUT2D eigenvalue weighted by Crippen LogP contribution is 2.21. The van der Waals surface area contributed by atoms with Gasteiger partial charge in [0.1, 0.15) is 5.60 Å². The lowest BCUT2D eigenvalue weighted by molar-refractivity contribution is -0.133. The molecule has 30 heavy (non-hydrogen) atoms. The number of amides is 2. The predicted octanol–water partition coefficient (Wildman–Crippen LogP) is 4.21. The Bertz CT molecular complexity index is 900. The summed E-state index contributed by atoms with van der Waals surface area (Å²) in [5, 5.41) is 5.78. The minimum Gasteiger partial charge on any atom is -0.369 e. The van der Waals surface area contributed by atoms with E-state index in [1.807, 2.05) is 25.1 Å². The summed E-state index contributed by atoms with van der Waals surface area (Å²) < 4.78 is 5.23. The largest absolute Gasteiger partial charge is 0.369 e. The molecule has 0 radical (unpaired) electrons. The van der Waals surface area contributed by atoms with Gasteiger partial charge >= 0.3 is 0 Å². The Morgan fingerprint density at radius 3 is 2.33 bits per heavy atom. The molecule has 2 N–H and O–H groups in total. The highest BCUT2D eigenvalue weighted by molar-refractivity contribution is 6.06. The zero-order valence-electron chi connectivity index (χ0n) is 18.2. The van der Waals surface area contributed by atoms with Gasteiger partial charge in [-0.2, -0.15) is 0 Å². The third kappa shape index (κ3) is 5.46. The van der Waals surface area contributed by atoms with Crippen molar-refractivity contribution in [2.24, 2.45) is 0 Å². The van der Waals surface area contributed by atoms with E-state index in [2.05, 4.69) is 27.7 Å². The van der Waals surface area contributed by atoms with Crippen molar-refractivity contribution in [3.63, 3.8) is 0 Å². The SMILES string of the molecule is COC(C)(C)C(=O)Nc1cc(C(=O)Nc2ccc(CN3CCCC3)cc2)ccc1C. The Labute approximate surface area is 178 Å². The molecule has 1 aliphatic rings. The van der Waals surface area contributed by atoms with Crippen LogP contribution in [0.1, 0.15) is 48.2 Å². The molecular weight excluding hydrogens is 378 g/mol. The normalized spacial score (nSPS) is 14.5. The molecule has 0 aromatic heterocycles. The van der Waals surface area contributed by atoms with Crippen LogP contribution in [0.4, 0.5) is 11.4 Å². The number of nitrogens with zero attached hydrogens (tertiary/aromatic N) is 1. The molecule has 1 fully saturated rings. The van der Waals surface area contributed by atoms with E-state index in [-0.39, 0.29) is 11.8 Å². The number of nitrogens with one attached hydrogen (secondary N) is 2. The number of benzene rings is 2. The number of methoxy groups -OCH3 is 1. The molecule has 0 aliphatic carbocycles. The summed E-state index contributed by atoms with van der Waals surface area (Å²) in [6, 6.07) is 13.2.